The molecule has 0 saturated heterocycles. The van der Waals surface area contributed by atoms with Gasteiger partial charge in [-0.15, -0.1) is 0 Å². The minimum atomic E-state index is -0.128. The van der Waals surface area contributed by atoms with Crippen molar-refractivity contribution in [1.29, 1.82) is 0 Å². The van der Waals surface area contributed by atoms with Gasteiger partial charge in [-0.25, -0.2) is 0 Å². The number of nitrogens with one attached hydrogen (secondary N) is 1. The largest absolute Gasteiger partial charge is 0.392 e. The normalized spacial score (nSPS) is 32.6. The molecule has 88 valence electrons. The Balaban J connectivity index is 1.51. The smallest absolute Gasteiger partial charge is 0.0693 e. The lowest BCUT2D eigenvalue weighted by Crippen LogP contribution is -2.37. The van der Waals surface area contributed by atoms with E-state index in [1.807, 2.05) is 0 Å². The number of hydrogen-bond donors (Lipinski definition) is 2. The van der Waals surface area contributed by atoms with E-state index in [-0.39, 0.29) is 6.10 Å². The second-order valence-electron chi connectivity index (χ2n) is 4.84. The van der Waals surface area contributed by atoms with Crippen LogP contribution in [-0.4, -0.2) is 36.5 Å². The summed E-state index contributed by atoms with van der Waals surface area (Å²) < 4.78 is 5.75. The van der Waals surface area contributed by atoms with Crippen molar-refractivity contribution in [1.82, 2.24) is 5.32 Å². The maximum atomic E-state index is 9.60. The Morgan fingerprint density at radius 3 is 2.53 bits per heavy atom. The van der Waals surface area contributed by atoms with E-state index in [1.54, 1.807) is 0 Å². The molecule has 0 aliphatic heterocycles. The molecular weight excluding hydrogens is 190 g/mol. The van der Waals surface area contributed by atoms with E-state index < -0.39 is 0 Å². The molecule has 0 aromatic heterocycles. The van der Waals surface area contributed by atoms with Crippen LogP contribution in [0.5, 0.6) is 0 Å². The highest BCUT2D eigenvalue weighted by molar-refractivity contribution is 4.82. The van der Waals surface area contributed by atoms with E-state index in [2.05, 4.69) is 5.32 Å². The molecule has 2 aliphatic rings. The average Bonchev–Trinajstić information content (AvgIpc) is 2.85. The molecule has 0 radical (unpaired) electrons. The van der Waals surface area contributed by atoms with Gasteiger partial charge in [0.1, 0.15) is 0 Å². The zero-order valence-corrected chi connectivity index (χ0v) is 9.45. The van der Waals surface area contributed by atoms with Gasteiger partial charge in [0.05, 0.1) is 18.8 Å². The minimum absolute atomic E-state index is 0.128. The number of aliphatic hydroxyl groups excluding tert-OH is 1. The Bertz CT molecular complexity index is 180. The van der Waals surface area contributed by atoms with Crippen molar-refractivity contribution < 1.29 is 9.84 Å². The fourth-order valence-electron chi connectivity index (χ4n) is 2.70. The number of hydrogen-bond acceptors (Lipinski definition) is 3. The second kappa shape index (κ2) is 5.83. The van der Waals surface area contributed by atoms with Crippen LogP contribution in [0.25, 0.3) is 0 Å². The highest BCUT2D eigenvalue weighted by Crippen LogP contribution is 2.21. The first kappa shape index (κ1) is 11.4. The van der Waals surface area contributed by atoms with Crippen molar-refractivity contribution in [3.63, 3.8) is 0 Å². The summed E-state index contributed by atoms with van der Waals surface area (Å²) in [5, 5.41) is 13.0. The van der Waals surface area contributed by atoms with Crippen LogP contribution in [-0.2, 0) is 4.74 Å². The highest BCUT2D eigenvalue weighted by atomic mass is 16.5. The van der Waals surface area contributed by atoms with E-state index in [0.29, 0.717) is 12.1 Å². The lowest BCUT2D eigenvalue weighted by molar-refractivity contribution is 0.0558. The van der Waals surface area contributed by atoms with Crippen LogP contribution in [0.2, 0.25) is 0 Å². The van der Waals surface area contributed by atoms with E-state index >= 15 is 0 Å². The fourth-order valence-corrected chi connectivity index (χ4v) is 2.70. The van der Waals surface area contributed by atoms with Gasteiger partial charge in [-0.3, -0.25) is 0 Å². The molecule has 2 aliphatic carbocycles. The number of aliphatic hydroxyl groups is 1. The molecule has 2 unspecified atom stereocenters. The standard InChI is InChI=1S/C12H23NO2/c14-12-7-3-6-11(12)13-8-9-15-10-4-1-2-5-10/h10-14H,1-9H2. The van der Waals surface area contributed by atoms with Crippen molar-refractivity contribution in [3.05, 3.63) is 0 Å². The van der Waals surface area contributed by atoms with Crippen LogP contribution in [0.4, 0.5) is 0 Å². The first-order valence-electron chi connectivity index (χ1n) is 6.39. The number of ether oxygens (including phenoxy) is 1. The predicted octanol–water partition coefficient (Wildman–Crippen LogP) is 1.45. The Labute approximate surface area is 92.2 Å². The van der Waals surface area contributed by atoms with Crippen molar-refractivity contribution in [2.45, 2.75) is 63.2 Å². The monoisotopic (exact) mass is 213 g/mol. The average molecular weight is 213 g/mol. The maximum Gasteiger partial charge on any atom is 0.0693 e. The molecule has 2 N–H and O–H groups in total. The highest BCUT2D eigenvalue weighted by Gasteiger charge is 2.24. The third-order valence-corrected chi connectivity index (χ3v) is 3.64. The van der Waals surface area contributed by atoms with E-state index in [0.717, 1.165) is 32.4 Å². The van der Waals surface area contributed by atoms with E-state index in [1.165, 1.54) is 25.7 Å². The molecule has 3 nitrogen and oxygen atoms in total. The summed E-state index contributed by atoms with van der Waals surface area (Å²) in [5.74, 6) is 0. The first-order chi connectivity index (χ1) is 7.36. The van der Waals surface area contributed by atoms with Gasteiger partial charge in [-0.1, -0.05) is 12.8 Å². The van der Waals surface area contributed by atoms with Gasteiger partial charge < -0.3 is 15.2 Å². The van der Waals surface area contributed by atoms with Gasteiger partial charge in [0.25, 0.3) is 0 Å². The zero-order chi connectivity index (χ0) is 10.5. The predicted molar refractivity (Wildman–Crippen MR) is 59.9 cm³/mol. The second-order valence-corrected chi connectivity index (χ2v) is 4.84. The van der Waals surface area contributed by atoms with Crippen molar-refractivity contribution in [3.8, 4) is 0 Å². The summed E-state index contributed by atoms with van der Waals surface area (Å²) in [5.41, 5.74) is 0. The van der Waals surface area contributed by atoms with Gasteiger partial charge in [0.15, 0.2) is 0 Å². The molecule has 0 amide bonds. The molecule has 2 saturated carbocycles. The van der Waals surface area contributed by atoms with Crippen molar-refractivity contribution in [2.24, 2.45) is 0 Å². The molecule has 15 heavy (non-hydrogen) atoms. The summed E-state index contributed by atoms with van der Waals surface area (Å²) in [7, 11) is 0. The molecule has 2 atom stereocenters. The van der Waals surface area contributed by atoms with Gasteiger partial charge in [0, 0.05) is 12.6 Å². The Hall–Kier alpha value is -0.120. The first-order valence-corrected chi connectivity index (χ1v) is 6.39. The van der Waals surface area contributed by atoms with Gasteiger partial charge >= 0.3 is 0 Å². The lowest BCUT2D eigenvalue weighted by atomic mass is 10.2. The van der Waals surface area contributed by atoms with Crippen LogP contribution >= 0.6 is 0 Å². The molecule has 0 spiro atoms. The molecule has 3 heteroatoms. The third kappa shape index (κ3) is 3.44. The molecule has 0 aromatic carbocycles. The maximum absolute atomic E-state index is 9.60. The Morgan fingerprint density at radius 1 is 1.07 bits per heavy atom. The van der Waals surface area contributed by atoms with Crippen LogP contribution in [0.1, 0.15) is 44.9 Å². The molecule has 0 aromatic rings. The van der Waals surface area contributed by atoms with Gasteiger partial charge in [-0.2, -0.15) is 0 Å². The minimum Gasteiger partial charge on any atom is -0.392 e. The molecule has 2 rings (SSSR count). The van der Waals surface area contributed by atoms with Crippen molar-refractivity contribution in [2.75, 3.05) is 13.2 Å². The zero-order valence-electron chi connectivity index (χ0n) is 9.45. The quantitative estimate of drug-likeness (QED) is 0.679. The molecule has 0 bridgehead atoms. The van der Waals surface area contributed by atoms with Crippen molar-refractivity contribution >= 4 is 0 Å². The van der Waals surface area contributed by atoms with Gasteiger partial charge in [0.2, 0.25) is 0 Å². The summed E-state index contributed by atoms with van der Waals surface area (Å²) in [4.78, 5) is 0. The molecule has 2 fully saturated rings. The van der Waals surface area contributed by atoms with Crippen LogP contribution in [0.15, 0.2) is 0 Å². The SMILES string of the molecule is OC1CCCC1NCCOC1CCCC1. The molecule has 0 heterocycles. The van der Waals surface area contributed by atoms with Crippen LogP contribution in [0.3, 0.4) is 0 Å². The summed E-state index contributed by atoms with van der Waals surface area (Å²) >= 11 is 0. The topological polar surface area (TPSA) is 41.5 Å². The summed E-state index contributed by atoms with van der Waals surface area (Å²) in [6.45, 7) is 1.69. The van der Waals surface area contributed by atoms with Crippen LogP contribution in [0, 0.1) is 0 Å². The third-order valence-electron chi connectivity index (χ3n) is 3.64. The lowest BCUT2D eigenvalue weighted by Gasteiger charge is -2.17. The number of rotatable bonds is 5. The van der Waals surface area contributed by atoms with E-state index in [9.17, 15) is 5.11 Å². The van der Waals surface area contributed by atoms with E-state index in [4.69, 9.17) is 4.74 Å². The Kier molecular flexibility index (Phi) is 4.42. The van der Waals surface area contributed by atoms with Gasteiger partial charge in [-0.05, 0) is 32.1 Å². The summed E-state index contributed by atoms with van der Waals surface area (Å²) in [6.07, 6.45) is 8.77. The van der Waals surface area contributed by atoms with Crippen LogP contribution < -0.4 is 5.32 Å². The molecular formula is C12H23NO2. The Morgan fingerprint density at radius 2 is 1.87 bits per heavy atom. The fraction of sp³-hybridized carbons (Fsp3) is 1.00. The summed E-state index contributed by atoms with van der Waals surface area (Å²) in [6, 6.07) is 0.317.